The van der Waals surface area contributed by atoms with Crippen LogP contribution in [0.5, 0.6) is 0 Å². The molecule has 0 radical (unpaired) electrons. The van der Waals surface area contributed by atoms with Crippen LogP contribution in [0, 0.1) is 5.92 Å². The summed E-state index contributed by atoms with van der Waals surface area (Å²) in [5.41, 5.74) is 4.98. The van der Waals surface area contributed by atoms with Gasteiger partial charge in [0.1, 0.15) is 12.2 Å². The largest absolute Gasteiger partial charge is 0.460 e. The van der Waals surface area contributed by atoms with Gasteiger partial charge >= 0.3 is 12.1 Å². The number of nitrogens with two attached hydrogens (primary N) is 1. The maximum atomic E-state index is 12.8. The summed E-state index contributed by atoms with van der Waals surface area (Å²) in [6.45, 7) is 8.37. The Labute approximate surface area is 167 Å². The number of ether oxygens (including phenoxy) is 4. The summed E-state index contributed by atoms with van der Waals surface area (Å²) in [6, 6.07) is 9.40. The van der Waals surface area contributed by atoms with E-state index in [0.29, 0.717) is 32.5 Å². The van der Waals surface area contributed by atoms with Crippen molar-refractivity contribution < 1.29 is 28.5 Å². The van der Waals surface area contributed by atoms with Gasteiger partial charge in [0.2, 0.25) is 0 Å². The van der Waals surface area contributed by atoms with Gasteiger partial charge in [-0.2, -0.15) is 0 Å². The zero-order valence-corrected chi connectivity index (χ0v) is 17.3. The molecule has 0 saturated carbocycles. The second-order valence-corrected chi connectivity index (χ2v) is 6.94. The van der Waals surface area contributed by atoms with E-state index in [1.165, 1.54) is 0 Å². The first-order valence-electron chi connectivity index (χ1n) is 9.72. The smallest absolute Gasteiger partial charge is 0.405 e. The molecule has 1 aromatic rings. The van der Waals surface area contributed by atoms with E-state index in [0.717, 1.165) is 5.56 Å². The Morgan fingerprint density at radius 1 is 1.04 bits per heavy atom. The van der Waals surface area contributed by atoms with Crippen LogP contribution in [0.25, 0.3) is 0 Å². The van der Waals surface area contributed by atoms with Gasteiger partial charge in [-0.1, -0.05) is 30.3 Å². The zero-order valence-electron chi connectivity index (χ0n) is 17.3. The molecule has 0 fully saturated rings. The van der Waals surface area contributed by atoms with Crippen LogP contribution in [0.2, 0.25) is 0 Å². The second-order valence-electron chi connectivity index (χ2n) is 6.94. The van der Waals surface area contributed by atoms with Gasteiger partial charge in [0.25, 0.3) is 0 Å². The molecule has 28 heavy (non-hydrogen) atoms. The maximum Gasteiger partial charge on any atom is 0.405 e. The minimum Gasteiger partial charge on any atom is -0.460 e. The highest BCUT2D eigenvalue weighted by Crippen LogP contribution is 2.29. The Bertz CT molecular complexity index is 584. The SMILES string of the molecule is CCOC(CCCC(C(=O)OCc1ccccc1)C(C)(C)OC(N)=O)OCC. The molecule has 0 heterocycles. The molecule has 0 saturated heterocycles. The van der Waals surface area contributed by atoms with Crippen molar-refractivity contribution in [2.75, 3.05) is 13.2 Å². The monoisotopic (exact) mass is 395 g/mol. The number of carbonyl (C=O) groups is 2. The molecule has 7 heteroatoms. The molecule has 2 N–H and O–H groups in total. The molecule has 158 valence electrons. The van der Waals surface area contributed by atoms with Gasteiger partial charge in [-0.25, -0.2) is 4.79 Å². The molecule has 1 atom stereocenters. The lowest BCUT2D eigenvalue weighted by Gasteiger charge is -2.32. The fourth-order valence-electron chi connectivity index (χ4n) is 2.98. The Kier molecular flexibility index (Phi) is 10.6. The van der Waals surface area contributed by atoms with Crippen LogP contribution in [-0.2, 0) is 30.3 Å². The first kappa shape index (κ1) is 23.9. The predicted molar refractivity (Wildman–Crippen MR) is 105 cm³/mol. The molecular weight excluding hydrogens is 362 g/mol. The van der Waals surface area contributed by atoms with Crippen LogP contribution in [0.3, 0.4) is 0 Å². The molecule has 1 rings (SSSR count). The average molecular weight is 395 g/mol. The molecule has 1 unspecified atom stereocenters. The first-order chi connectivity index (χ1) is 13.3. The quantitative estimate of drug-likeness (QED) is 0.403. The highest BCUT2D eigenvalue weighted by atomic mass is 16.7. The van der Waals surface area contributed by atoms with Crippen molar-refractivity contribution in [3.05, 3.63) is 35.9 Å². The van der Waals surface area contributed by atoms with E-state index >= 15 is 0 Å². The predicted octanol–water partition coefficient (Wildman–Crippen LogP) is 3.79. The van der Waals surface area contributed by atoms with Crippen LogP contribution in [0.1, 0.15) is 52.5 Å². The van der Waals surface area contributed by atoms with Crippen LogP contribution < -0.4 is 5.73 Å². The van der Waals surface area contributed by atoms with Gasteiger partial charge in [0, 0.05) is 13.2 Å². The first-order valence-corrected chi connectivity index (χ1v) is 9.72. The van der Waals surface area contributed by atoms with E-state index in [1.54, 1.807) is 13.8 Å². The number of benzene rings is 1. The number of carbonyl (C=O) groups excluding carboxylic acids is 2. The molecule has 1 amide bonds. The Morgan fingerprint density at radius 3 is 2.18 bits per heavy atom. The van der Waals surface area contributed by atoms with Crippen molar-refractivity contribution in [3.8, 4) is 0 Å². The van der Waals surface area contributed by atoms with Crippen molar-refractivity contribution >= 4 is 12.1 Å². The minimum absolute atomic E-state index is 0.156. The van der Waals surface area contributed by atoms with Crippen molar-refractivity contribution in [1.82, 2.24) is 0 Å². The highest BCUT2D eigenvalue weighted by Gasteiger charge is 2.39. The third kappa shape index (κ3) is 8.71. The minimum atomic E-state index is -1.09. The lowest BCUT2D eigenvalue weighted by molar-refractivity contribution is -0.160. The summed E-state index contributed by atoms with van der Waals surface area (Å²) in [5.74, 6) is -1.09. The number of rotatable bonds is 13. The molecule has 7 nitrogen and oxygen atoms in total. The van der Waals surface area contributed by atoms with Crippen molar-refractivity contribution in [3.63, 3.8) is 0 Å². The third-order valence-electron chi connectivity index (χ3n) is 4.35. The fraction of sp³-hybridized carbons (Fsp3) is 0.619. The topological polar surface area (TPSA) is 97.1 Å². The van der Waals surface area contributed by atoms with Gasteiger partial charge in [0.15, 0.2) is 6.29 Å². The van der Waals surface area contributed by atoms with Crippen molar-refractivity contribution in [2.24, 2.45) is 11.7 Å². The molecule has 1 aromatic carbocycles. The Balaban J connectivity index is 2.74. The van der Waals surface area contributed by atoms with Gasteiger partial charge in [-0.05, 0) is 52.5 Å². The van der Waals surface area contributed by atoms with Crippen LogP contribution in [0.15, 0.2) is 30.3 Å². The van der Waals surface area contributed by atoms with E-state index in [2.05, 4.69) is 0 Å². The normalized spacial score (nSPS) is 12.6. The summed E-state index contributed by atoms with van der Waals surface area (Å²) in [7, 11) is 0. The summed E-state index contributed by atoms with van der Waals surface area (Å²) >= 11 is 0. The van der Waals surface area contributed by atoms with E-state index in [9.17, 15) is 9.59 Å². The molecule has 0 aromatic heterocycles. The zero-order chi connectivity index (χ0) is 21.0. The lowest BCUT2D eigenvalue weighted by Crippen LogP contribution is -2.43. The average Bonchev–Trinajstić information content (AvgIpc) is 2.63. The highest BCUT2D eigenvalue weighted by molar-refractivity contribution is 5.75. The number of primary amides is 1. The van der Waals surface area contributed by atoms with E-state index in [1.807, 2.05) is 44.2 Å². The Morgan fingerprint density at radius 2 is 1.64 bits per heavy atom. The van der Waals surface area contributed by atoms with Crippen LogP contribution >= 0.6 is 0 Å². The Hall–Kier alpha value is -2.12. The molecular formula is C21H33NO6. The third-order valence-corrected chi connectivity index (χ3v) is 4.35. The second kappa shape index (κ2) is 12.4. The summed E-state index contributed by atoms with van der Waals surface area (Å²) in [5, 5.41) is 0. The maximum absolute atomic E-state index is 12.8. The van der Waals surface area contributed by atoms with Crippen LogP contribution in [-0.4, -0.2) is 37.2 Å². The van der Waals surface area contributed by atoms with E-state index < -0.39 is 23.6 Å². The number of hydrogen-bond acceptors (Lipinski definition) is 6. The van der Waals surface area contributed by atoms with Crippen molar-refractivity contribution in [1.29, 1.82) is 0 Å². The molecule has 0 aliphatic heterocycles. The van der Waals surface area contributed by atoms with E-state index in [4.69, 9.17) is 24.7 Å². The van der Waals surface area contributed by atoms with Gasteiger partial charge in [0.05, 0.1) is 5.92 Å². The van der Waals surface area contributed by atoms with Gasteiger partial charge in [-0.3, -0.25) is 4.79 Å². The number of hydrogen-bond donors (Lipinski definition) is 1. The van der Waals surface area contributed by atoms with Gasteiger partial charge in [-0.15, -0.1) is 0 Å². The van der Waals surface area contributed by atoms with Crippen LogP contribution in [0.4, 0.5) is 4.79 Å². The van der Waals surface area contributed by atoms with E-state index in [-0.39, 0.29) is 12.9 Å². The number of esters is 1. The van der Waals surface area contributed by atoms with Crippen molar-refractivity contribution in [2.45, 2.75) is 65.5 Å². The number of amides is 1. The molecule has 0 aliphatic rings. The molecule has 0 aliphatic carbocycles. The summed E-state index contributed by atoms with van der Waals surface area (Å²) in [6.07, 6.45) is 0.464. The lowest BCUT2D eigenvalue weighted by atomic mass is 9.86. The molecule has 0 spiro atoms. The standard InChI is InChI=1S/C21H33NO6/c1-5-25-18(26-6-2)14-10-13-17(21(3,4)28-20(22)24)19(23)27-15-16-11-8-7-9-12-16/h7-9,11-12,17-18H,5-6,10,13-15H2,1-4H3,(H2,22,24). The van der Waals surface area contributed by atoms with Gasteiger partial charge < -0.3 is 24.7 Å². The summed E-state index contributed by atoms with van der Waals surface area (Å²) < 4.78 is 21.8. The molecule has 0 bridgehead atoms. The fourth-order valence-corrected chi connectivity index (χ4v) is 2.98. The summed E-state index contributed by atoms with van der Waals surface area (Å²) in [4.78, 5) is 24.0.